The van der Waals surface area contributed by atoms with Crippen molar-refractivity contribution in [2.75, 3.05) is 0 Å². The van der Waals surface area contributed by atoms with Gasteiger partial charge in [-0.15, -0.1) is 11.3 Å². The van der Waals surface area contributed by atoms with Crippen LogP contribution in [0.3, 0.4) is 0 Å². The first-order chi connectivity index (χ1) is 14.4. The van der Waals surface area contributed by atoms with E-state index in [2.05, 4.69) is 28.5 Å². The summed E-state index contributed by atoms with van der Waals surface area (Å²) in [5.74, 6) is -0.145. The molecular weight excluding hydrogens is 418 g/mol. The number of nitrogens with zero attached hydrogens (tertiary/aromatic N) is 1. The molecule has 152 valence electrons. The van der Waals surface area contributed by atoms with Crippen LogP contribution in [0.25, 0.3) is 21.3 Å². The average molecular weight is 438 g/mol. The molecule has 0 radical (unpaired) electrons. The molecule has 0 saturated carbocycles. The van der Waals surface area contributed by atoms with Gasteiger partial charge in [0.05, 0.1) is 21.5 Å². The minimum atomic E-state index is -3.72. The van der Waals surface area contributed by atoms with E-state index in [0.717, 1.165) is 31.9 Å². The summed E-state index contributed by atoms with van der Waals surface area (Å²) < 4.78 is 23.6. The lowest BCUT2D eigenvalue weighted by atomic mass is 10.1. The van der Waals surface area contributed by atoms with Crippen molar-refractivity contribution in [2.45, 2.75) is 17.9 Å². The number of nitrogens with one attached hydrogen (secondary N) is 1. The summed E-state index contributed by atoms with van der Waals surface area (Å²) in [5, 5.41) is 8.67. The van der Waals surface area contributed by atoms with Crippen LogP contribution in [0.1, 0.15) is 10.6 Å². The summed E-state index contributed by atoms with van der Waals surface area (Å²) in [6.07, 6.45) is 0.190. The molecule has 3 N–H and O–H groups in total. The first kappa shape index (κ1) is 20.2. The van der Waals surface area contributed by atoms with Crippen LogP contribution in [-0.2, 0) is 27.8 Å². The number of thiazole rings is 1. The highest BCUT2D eigenvalue weighted by molar-refractivity contribution is 7.89. The summed E-state index contributed by atoms with van der Waals surface area (Å²) in [5.41, 5.74) is 3.92. The van der Waals surface area contributed by atoms with E-state index in [1.165, 1.54) is 23.5 Å². The van der Waals surface area contributed by atoms with E-state index in [4.69, 9.17) is 5.14 Å². The zero-order valence-corrected chi connectivity index (χ0v) is 17.5. The Morgan fingerprint density at radius 1 is 0.967 bits per heavy atom. The molecule has 0 atom stereocenters. The highest BCUT2D eigenvalue weighted by atomic mass is 32.2. The Hall–Kier alpha value is -3.07. The van der Waals surface area contributed by atoms with Crippen molar-refractivity contribution < 1.29 is 13.2 Å². The minimum Gasteiger partial charge on any atom is -0.352 e. The van der Waals surface area contributed by atoms with Crippen LogP contribution in [0.15, 0.2) is 77.7 Å². The fourth-order valence-electron chi connectivity index (χ4n) is 3.06. The van der Waals surface area contributed by atoms with Crippen molar-refractivity contribution in [3.05, 3.63) is 83.4 Å². The molecule has 3 aromatic carbocycles. The number of rotatable bonds is 6. The van der Waals surface area contributed by atoms with Crippen molar-refractivity contribution in [2.24, 2.45) is 5.14 Å². The van der Waals surface area contributed by atoms with E-state index in [-0.39, 0.29) is 17.2 Å². The van der Waals surface area contributed by atoms with E-state index >= 15 is 0 Å². The predicted octanol–water partition coefficient (Wildman–Crippen LogP) is 3.47. The summed E-state index contributed by atoms with van der Waals surface area (Å²) in [7, 11) is -3.72. The first-order valence-corrected chi connectivity index (χ1v) is 11.6. The number of carbonyl (C=O) groups excluding carboxylic acids is 1. The molecule has 0 aliphatic heterocycles. The molecule has 1 amide bonds. The second-order valence-corrected chi connectivity index (χ2v) is 9.48. The fraction of sp³-hybridized carbons (Fsp3) is 0.0909. The van der Waals surface area contributed by atoms with Gasteiger partial charge in [-0.25, -0.2) is 18.5 Å². The van der Waals surface area contributed by atoms with E-state index in [1.54, 1.807) is 12.1 Å². The van der Waals surface area contributed by atoms with Gasteiger partial charge in [0.2, 0.25) is 15.9 Å². The van der Waals surface area contributed by atoms with Crippen LogP contribution < -0.4 is 10.5 Å². The molecule has 0 bridgehead atoms. The number of sulfonamides is 1. The Morgan fingerprint density at radius 2 is 1.70 bits per heavy atom. The van der Waals surface area contributed by atoms with Crippen molar-refractivity contribution >= 4 is 37.5 Å². The molecule has 4 aromatic rings. The fourth-order valence-corrected chi connectivity index (χ4v) is 4.58. The Kier molecular flexibility index (Phi) is 5.63. The minimum absolute atomic E-state index is 0.0434. The predicted molar refractivity (Wildman–Crippen MR) is 118 cm³/mol. The number of hydrogen-bond donors (Lipinski definition) is 2. The largest absolute Gasteiger partial charge is 0.352 e. The highest BCUT2D eigenvalue weighted by Gasteiger charge is 2.11. The summed E-state index contributed by atoms with van der Waals surface area (Å²) >= 11 is 1.51. The van der Waals surface area contributed by atoms with Gasteiger partial charge in [-0.3, -0.25) is 4.79 Å². The molecule has 30 heavy (non-hydrogen) atoms. The lowest BCUT2D eigenvalue weighted by molar-refractivity contribution is -0.120. The number of nitrogens with two attached hydrogens (primary N) is 1. The molecule has 0 fully saturated rings. The molecule has 8 heteroatoms. The summed E-state index contributed by atoms with van der Waals surface area (Å²) in [6, 6.07) is 22.3. The number of fused-ring (bicyclic) bond motifs is 1. The van der Waals surface area contributed by atoms with Crippen LogP contribution in [0, 0.1) is 0 Å². The van der Waals surface area contributed by atoms with Gasteiger partial charge in [0, 0.05) is 6.54 Å². The van der Waals surface area contributed by atoms with Gasteiger partial charge in [0.15, 0.2) is 0 Å². The van der Waals surface area contributed by atoms with E-state index < -0.39 is 10.0 Å². The van der Waals surface area contributed by atoms with Gasteiger partial charge >= 0.3 is 0 Å². The Balaban J connectivity index is 1.40. The van der Waals surface area contributed by atoms with Crippen molar-refractivity contribution in [3.8, 4) is 11.1 Å². The quantitative estimate of drug-likeness (QED) is 0.482. The molecule has 6 nitrogen and oxygen atoms in total. The Bertz CT molecular complexity index is 1300. The van der Waals surface area contributed by atoms with Crippen molar-refractivity contribution in [1.29, 1.82) is 0 Å². The maximum Gasteiger partial charge on any atom is 0.238 e. The zero-order valence-electron chi connectivity index (χ0n) is 15.9. The molecule has 1 heterocycles. The topological polar surface area (TPSA) is 102 Å². The monoisotopic (exact) mass is 437 g/mol. The van der Waals surface area contributed by atoms with Crippen LogP contribution >= 0.6 is 11.3 Å². The molecule has 0 aliphatic carbocycles. The number of aromatic nitrogens is 1. The molecule has 0 spiro atoms. The zero-order chi connectivity index (χ0) is 21.1. The standard InChI is InChI=1S/C22H19N3O3S2/c23-30(27,28)18-9-6-15(7-10-18)14-24-21(26)13-22-25-19-11-8-17(12-20(19)29-22)16-4-2-1-3-5-16/h1-12H,13-14H2,(H,24,26)(H2,23,27,28). The molecule has 4 rings (SSSR count). The number of carbonyl (C=O) groups is 1. The molecule has 1 aromatic heterocycles. The Labute approximate surface area is 178 Å². The normalized spacial score (nSPS) is 11.5. The van der Waals surface area contributed by atoms with Crippen LogP contribution in [-0.4, -0.2) is 19.3 Å². The van der Waals surface area contributed by atoms with Gasteiger partial charge in [-0.2, -0.15) is 0 Å². The Morgan fingerprint density at radius 3 is 2.40 bits per heavy atom. The second-order valence-electron chi connectivity index (χ2n) is 6.80. The maximum absolute atomic E-state index is 12.3. The molecular formula is C22H19N3O3S2. The van der Waals surface area contributed by atoms with E-state index in [0.29, 0.717) is 6.54 Å². The number of primary sulfonamides is 1. The molecule has 0 aliphatic rings. The number of hydrogen-bond acceptors (Lipinski definition) is 5. The van der Waals surface area contributed by atoms with Gasteiger partial charge in [0.25, 0.3) is 0 Å². The highest BCUT2D eigenvalue weighted by Crippen LogP contribution is 2.28. The maximum atomic E-state index is 12.3. The van der Waals surface area contributed by atoms with E-state index in [9.17, 15) is 13.2 Å². The van der Waals surface area contributed by atoms with Crippen LogP contribution in [0.5, 0.6) is 0 Å². The lowest BCUT2D eigenvalue weighted by Gasteiger charge is -2.05. The average Bonchev–Trinajstić information content (AvgIpc) is 3.14. The first-order valence-electron chi connectivity index (χ1n) is 9.22. The number of benzene rings is 3. The summed E-state index contributed by atoms with van der Waals surface area (Å²) in [6.45, 7) is 0.298. The van der Waals surface area contributed by atoms with Gasteiger partial charge in [-0.05, 0) is 41.0 Å². The van der Waals surface area contributed by atoms with Gasteiger partial charge in [0.1, 0.15) is 5.01 Å². The van der Waals surface area contributed by atoms with Crippen molar-refractivity contribution in [3.63, 3.8) is 0 Å². The SMILES string of the molecule is NS(=O)(=O)c1ccc(CNC(=O)Cc2nc3ccc(-c4ccccc4)cc3s2)cc1. The number of amides is 1. The third-order valence-corrected chi connectivity index (χ3v) is 6.54. The smallest absolute Gasteiger partial charge is 0.238 e. The molecule has 0 unspecified atom stereocenters. The van der Waals surface area contributed by atoms with Crippen LogP contribution in [0.4, 0.5) is 0 Å². The van der Waals surface area contributed by atoms with Gasteiger partial charge < -0.3 is 5.32 Å². The van der Waals surface area contributed by atoms with E-state index in [1.807, 2.05) is 30.3 Å². The summed E-state index contributed by atoms with van der Waals surface area (Å²) in [4.78, 5) is 16.9. The second kappa shape index (κ2) is 8.35. The van der Waals surface area contributed by atoms with Gasteiger partial charge in [-0.1, -0.05) is 48.5 Å². The third kappa shape index (κ3) is 4.73. The lowest BCUT2D eigenvalue weighted by Crippen LogP contribution is -2.24. The third-order valence-electron chi connectivity index (χ3n) is 4.59. The van der Waals surface area contributed by atoms with Crippen LogP contribution in [0.2, 0.25) is 0 Å². The van der Waals surface area contributed by atoms with Crippen molar-refractivity contribution in [1.82, 2.24) is 10.3 Å². The molecule has 0 saturated heterocycles.